The fourth-order valence-electron chi connectivity index (χ4n) is 0.801. The Morgan fingerprint density at radius 3 is 2.50 bits per heavy atom. The van der Waals surface area contributed by atoms with Crippen molar-refractivity contribution in [3.8, 4) is 0 Å². The summed E-state index contributed by atoms with van der Waals surface area (Å²) in [5.74, 6) is 0.490. The normalized spacial score (nSPS) is 17.1. The Hall–Kier alpha value is -0.540. The molecule has 94 valence electrons. The zero-order chi connectivity index (χ0) is 12.4. The highest BCUT2D eigenvalue weighted by Gasteiger charge is 2.24. The van der Waals surface area contributed by atoms with Gasteiger partial charge in [0.05, 0.1) is 6.61 Å². The molecule has 1 aliphatic heterocycles. The highest BCUT2D eigenvalue weighted by molar-refractivity contribution is 6.17. The smallest absolute Gasteiger partial charge is 0.333 e. The van der Waals surface area contributed by atoms with Crippen LogP contribution in [0, 0.1) is 0 Å². The van der Waals surface area contributed by atoms with Gasteiger partial charge in [0.15, 0.2) is 0 Å². The number of hydrogen-bond donors (Lipinski definition) is 0. The first-order chi connectivity index (χ1) is 7.61. The fraction of sp³-hybridized carbons (Fsp3) is 0.750. The Balaban J connectivity index is 0.000000325. The number of alkyl halides is 1. The molecule has 0 radical (unpaired) electrons. The molecule has 0 aliphatic carbocycles. The van der Waals surface area contributed by atoms with E-state index in [4.69, 9.17) is 21.1 Å². The van der Waals surface area contributed by atoms with E-state index in [0.717, 1.165) is 5.88 Å². The summed E-state index contributed by atoms with van der Waals surface area (Å²) in [5, 5.41) is 0. The second-order valence-corrected chi connectivity index (χ2v) is 4.11. The van der Waals surface area contributed by atoms with Crippen LogP contribution in [0.2, 0.25) is 0 Å². The SMILES string of the molecule is C=C(C)C(=O)OCC1CO1.CCCCCCl. The number of hydrogen-bond acceptors (Lipinski definition) is 3. The van der Waals surface area contributed by atoms with Gasteiger partial charge in [-0.1, -0.05) is 26.3 Å². The maximum atomic E-state index is 10.7. The van der Waals surface area contributed by atoms with Gasteiger partial charge in [-0.2, -0.15) is 0 Å². The van der Waals surface area contributed by atoms with Gasteiger partial charge in [0, 0.05) is 11.5 Å². The standard InChI is InChI=1S/C7H10O3.C5H11Cl/c1-5(2)7(8)10-4-6-3-9-6;1-2-3-4-5-6/h6H,1,3-4H2,2H3;2-5H2,1H3. The first-order valence-electron chi connectivity index (χ1n) is 5.62. The van der Waals surface area contributed by atoms with Gasteiger partial charge >= 0.3 is 5.97 Å². The molecular weight excluding hydrogens is 228 g/mol. The molecule has 0 amide bonds. The highest BCUT2D eigenvalue weighted by Crippen LogP contribution is 2.09. The summed E-state index contributed by atoms with van der Waals surface area (Å²) in [6.07, 6.45) is 3.87. The van der Waals surface area contributed by atoms with Gasteiger partial charge in [0.2, 0.25) is 0 Å². The largest absolute Gasteiger partial charge is 0.459 e. The molecule has 1 saturated heterocycles. The number of unbranched alkanes of at least 4 members (excludes halogenated alkanes) is 2. The summed E-state index contributed by atoms with van der Waals surface area (Å²) >= 11 is 5.38. The molecule has 0 aromatic rings. The van der Waals surface area contributed by atoms with E-state index < -0.39 is 0 Å². The van der Waals surface area contributed by atoms with E-state index in [-0.39, 0.29) is 12.1 Å². The van der Waals surface area contributed by atoms with Crippen LogP contribution in [0.3, 0.4) is 0 Å². The molecule has 16 heavy (non-hydrogen) atoms. The van der Waals surface area contributed by atoms with Crippen molar-refractivity contribution in [2.24, 2.45) is 0 Å². The number of halogens is 1. The van der Waals surface area contributed by atoms with E-state index in [2.05, 4.69) is 13.5 Å². The van der Waals surface area contributed by atoms with E-state index in [1.165, 1.54) is 19.3 Å². The Kier molecular flexibility index (Phi) is 9.34. The quantitative estimate of drug-likeness (QED) is 0.239. The molecule has 1 rings (SSSR count). The molecule has 3 nitrogen and oxygen atoms in total. The van der Waals surface area contributed by atoms with Crippen molar-refractivity contribution in [3.63, 3.8) is 0 Å². The Labute approximate surface area is 103 Å². The maximum absolute atomic E-state index is 10.7. The van der Waals surface area contributed by atoms with E-state index in [0.29, 0.717) is 18.8 Å². The topological polar surface area (TPSA) is 38.8 Å². The number of carbonyl (C=O) groups excluding carboxylic acids is 1. The molecule has 0 aromatic carbocycles. The number of carbonyl (C=O) groups is 1. The van der Waals surface area contributed by atoms with Crippen LogP contribution in [0.25, 0.3) is 0 Å². The number of ether oxygens (including phenoxy) is 2. The third-order valence-corrected chi connectivity index (χ3v) is 2.16. The van der Waals surface area contributed by atoms with Crippen LogP contribution in [0.15, 0.2) is 12.2 Å². The van der Waals surface area contributed by atoms with Crippen LogP contribution >= 0.6 is 11.6 Å². The molecule has 1 aliphatic rings. The minimum atomic E-state index is -0.337. The fourth-order valence-corrected chi connectivity index (χ4v) is 0.990. The Morgan fingerprint density at radius 1 is 1.56 bits per heavy atom. The Morgan fingerprint density at radius 2 is 2.19 bits per heavy atom. The molecule has 1 unspecified atom stereocenters. The second kappa shape index (κ2) is 9.67. The van der Waals surface area contributed by atoms with Crippen LogP contribution in [0.4, 0.5) is 0 Å². The molecule has 1 atom stereocenters. The van der Waals surface area contributed by atoms with Crippen molar-refractivity contribution in [3.05, 3.63) is 12.2 Å². The third-order valence-electron chi connectivity index (χ3n) is 1.89. The molecule has 0 spiro atoms. The summed E-state index contributed by atoms with van der Waals surface area (Å²) in [5.41, 5.74) is 0.431. The second-order valence-electron chi connectivity index (χ2n) is 3.73. The Bertz CT molecular complexity index is 208. The summed E-state index contributed by atoms with van der Waals surface area (Å²) in [6.45, 7) is 8.31. The van der Waals surface area contributed by atoms with Crippen molar-refractivity contribution < 1.29 is 14.3 Å². The summed E-state index contributed by atoms with van der Waals surface area (Å²) < 4.78 is 9.60. The molecule has 0 saturated carbocycles. The van der Waals surface area contributed by atoms with Gasteiger partial charge in [-0.25, -0.2) is 4.79 Å². The van der Waals surface area contributed by atoms with E-state index in [9.17, 15) is 4.79 Å². The molecule has 0 N–H and O–H groups in total. The average Bonchev–Trinajstić information content (AvgIpc) is 3.07. The molecular formula is C12H21ClO3. The van der Waals surface area contributed by atoms with Crippen molar-refractivity contribution in [1.82, 2.24) is 0 Å². The molecule has 0 aromatic heterocycles. The first kappa shape index (κ1) is 15.5. The monoisotopic (exact) mass is 248 g/mol. The van der Waals surface area contributed by atoms with Gasteiger partial charge in [-0.3, -0.25) is 0 Å². The van der Waals surface area contributed by atoms with Gasteiger partial charge in [-0.05, 0) is 13.3 Å². The van der Waals surface area contributed by atoms with E-state index in [1.54, 1.807) is 6.92 Å². The molecule has 4 heteroatoms. The van der Waals surface area contributed by atoms with Gasteiger partial charge in [0.25, 0.3) is 0 Å². The summed E-state index contributed by atoms with van der Waals surface area (Å²) in [6, 6.07) is 0. The number of epoxide rings is 1. The zero-order valence-corrected chi connectivity index (χ0v) is 10.9. The lowest BCUT2D eigenvalue weighted by molar-refractivity contribution is -0.139. The number of rotatable bonds is 6. The van der Waals surface area contributed by atoms with Gasteiger partial charge in [-0.15, -0.1) is 11.6 Å². The minimum absolute atomic E-state index is 0.142. The average molecular weight is 249 g/mol. The third kappa shape index (κ3) is 9.99. The highest BCUT2D eigenvalue weighted by atomic mass is 35.5. The summed E-state index contributed by atoms with van der Waals surface area (Å²) in [7, 11) is 0. The summed E-state index contributed by atoms with van der Waals surface area (Å²) in [4.78, 5) is 10.7. The van der Waals surface area contributed by atoms with Crippen molar-refractivity contribution in [2.45, 2.75) is 39.2 Å². The maximum Gasteiger partial charge on any atom is 0.333 e. The van der Waals surface area contributed by atoms with Crippen molar-refractivity contribution in [1.29, 1.82) is 0 Å². The predicted octanol–water partition coefficient (Wildman–Crippen LogP) is 2.92. The predicted molar refractivity (Wildman–Crippen MR) is 65.8 cm³/mol. The van der Waals surface area contributed by atoms with Crippen LogP contribution < -0.4 is 0 Å². The lowest BCUT2D eigenvalue weighted by atomic mass is 10.3. The molecule has 0 bridgehead atoms. The van der Waals surface area contributed by atoms with Crippen molar-refractivity contribution >= 4 is 17.6 Å². The van der Waals surface area contributed by atoms with Gasteiger partial charge < -0.3 is 9.47 Å². The van der Waals surface area contributed by atoms with E-state index in [1.807, 2.05) is 0 Å². The zero-order valence-electron chi connectivity index (χ0n) is 10.1. The molecule has 1 fully saturated rings. The van der Waals surface area contributed by atoms with Crippen LogP contribution in [-0.4, -0.2) is 31.2 Å². The van der Waals surface area contributed by atoms with E-state index >= 15 is 0 Å². The lowest BCUT2D eigenvalue weighted by Crippen LogP contribution is -2.09. The van der Waals surface area contributed by atoms with Crippen LogP contribution in [0.5, 0.6) is 0 Å². The van der Waals surface area contributed by atoms with Crippen LogP contribution in [0.1, 0.15) is 33.1 Å². The molecule has 1 heterocycles. The number of esters is 1. The minimum Gasteiger partial charge on any atom is -0.459 e. The lowest BCUT2D eigenvalue weighted by Gasteiger charge is -1.99. The van der Waals surface area contributed by atoms with Gasteiger partial charge in [0.1, 0.15) is 12.7 Å². The first-order valence-corrected chi connectivity index (χ1v) is 6.15. The van der Waals surface area contributed by atoms with Crippen molar-refractivity contribution in [2.75, 3.05) is 19.1 Å². The van der Waals surface area contributed by atoms with Crippen LogP contribution in [-0.2, 0) is 14.3 Å².